The van der Waals surface area contributed by atoms with Crippen LogP contribution in [0.15, 0.2) is 0 Å². The van der Waals surface area contributed by atoms with Crippen molar-refractivity contribution >= 4 is 0 Å². The Morgan fingerprint density at radius 3 is 2.89 bits per heavy atom. The summed E-state index contributed by atoms with van der Waals surface area (Å²) in [5, 5.41) is 7.14. The maximum Gasteiger partial charge on any atom is 0.180 e. The number of ether oxygens (including phenoxy) is 1. The minimum Gasteiger partial charge on any atom is -0.367 e. The third kappa shape index (κ3) is 3.34. The van der Waals surface area contributed by atoms with Crippen LogP contribution in [0.4, 0.5) is 0 Å². The van der Waals surface area contributed by atoms with Crippen LogP contribution in [-0.2, 0) is 4.74 Å². The molecule has 2 aliphatic rings. The van der Waals surface area contributed by atoms with Crippen LogP contribution in [0.3, 0.4) is 0 Å². The van der Waals surface area contributed by atoms with Crippen LogP contribution in [0.5, 0.6) is 0 Å². The second-order valence-corrected chi connectivity index (χ2v) is 5.90. The summed E-state index contributed by atoms with van der Waals surface area (Å²) in [7, 11) is 0. The van der Waals surface area contributed by atoms with Gasteiger partial charge in [0.2, 0.25) is 0 Å². The Balaban J connectivity index is 1.55. The summed E-state index contributed by atoms with van der Waals surface area (Å²) in [6, 6.07) is 0. The van der Waals surface area contributed by atoms with E-state index in [1.165, 1.54) is 38.6 Å². The molecular formula is C14H24N4O. The molecule has 3 rings (SSSR count). The number of hydrogen-bond donors (Lipinski definition) is 1. The standard InChI is InChI=1S/C14H24N4O/c1-11-15-14(17-16-11)13-10-18(7-8-19-13)9-12-5-3-2-4-6-12/h12-13H,2-10H2,1H3,(H,15,16,17). The van der Waals surface area contributed by atoms with Crippen molar-refractivity contribution in [1.82, 2.24) is 20.1 Å². The number of aromatic amines is 1. The molecule has 1 aliphatic heterocycles. The highest BCUT2D eigenvalue weighted by Crippen LogP contribution is 2.26. The molecule has 0 aromatic carbocycles. The number of aryl methyl sites for hydroxylation is 1. The Kier molecular flexibility index (Phi) is 4.13. The maximum absolute atomic E-state index is 5.81. The zero-order valence-electron chi connectivity index (χ0n) is 11.8. The number of aromatic nitrogens is 3. The molecule has 106 valence electrons. The average Bonchev–Trinajstić information content (AvgIpc) is 2.87. The van der Waals surface area contributed by atoms with Crippen LogP contribution in [0.2, 0.25) is 0 Å². The number of nitrogens with zero attached hydrogens (tertiary/aromatic N) is 3. The zero-order valence-corrected chi connectivity index (χ0v) is 11.8. The van der Waals surface area contributed by atoms with Crippen molar-refractivity contribution < 1.29 is 4.74 Å². The maximum atomic E-state index is 5.81. The second kappa shape index (κ2) is 6.01. The highest BCUT2D eigenvalue weighted by molar-refractivity contribution is 4.95. The lowest BCUT2D eigenvalue weighted by Crippen LogP contribution is -2.41. The predicted octanol–water partition coefficient (Wildman–Crippen LogP) is 2.07. The molecule has 1 N–H and O–H groups in total. The minimum absolute atomic E-state index is 0.0438. The molecule has 2 fully saturated rings. The van der Waals surface area contributed by atoms with Gasteiger partial charge in [-0.3, -0.25) is 10.00 Å². The van der Waals surface area contributed by atoms with Gasteiger partial charge in [-0.15, -0.1) is 0 Å². The molecule has 1 saturated heterocycles. The van der Waals surface area contributed by atoms with Gasteiger partial charge in [0, 0.05) is 19.6 Å². The van der Waals surface area contributed by atoms with Crippen LogP contribution >= 0.6 is 0 Å². The molecule has 2 heterocycles. The SMILES string of the molecule is Cc1nc(C2CN(CC3CCCCC3)CCO2)n[nH]1. The summed E-state index contributed by atoms with van der Waals surface area (Å²) in [6.45, 7) is 5.94. The summed E-state index contributed by atoms with van der Waals surface area (Å²) in [5.74, 6) is 2.57. The third-order valence-electron chi connectivity index (χ3n) is 4.29. The van der Waals surface area contributed by atoms with E-state index in [0.717, 1.165) is 37.3 Å². The minimum atomic E-state index is 0.0438. The van der Waals surface area contributed by atoms with Gasteiger partial charge in [-0.25, -0.2) is 4.98 Å². The first kappa shape index (κ1) is 13.1. The van der Waals surface area contributed by atoms with Gasteiger partial charge in [-0.2, -0.15) is 5.10 Å². The Labute approximate surface area is 114 Å². The molecule has 1 atom stereocenters. The highest BCUT2D eigenvalue weighted by Gasteiger charge is 2.27. The number of hydrogen-bond acceptors (Lipinski definition) is 4. The van der Waals surface area contributed by atoms with Crippen LogP contribution in [0, 0.1) is 12.8 Å². The van der Waals surface area contributed by atoms with E-state index in [0.29, 0.717) is 0 Å². The van der Waals surface area contributed by atoms with Gasteiger partial charge in [0.25, 0.3) is 0 Å². The monoisotopic (exact) mass is 264 g/mol. The molecule has 5 nitrogen and oxygen atoms in total. The topological polar surface area (TPSA) is 54.0 Å². The normalized spacial score (nSPS) is 26.7. The van der Waals surface area contributed by atoms with Gasteiger partial charge in [0.15, 0.2) is 5.82 Å². The fourth-order valence-electron chi connectivity index (χ4n) is 3.26. The number of nitrogens with one attached hydrogen (secondary N) is 1. The fourth-order valence-corrected chi connectivity index (χ4v) is 3.26. The Bertz CT molecular complexity index is 400. The smallest absolute Gasteiger partial charge is 0.180 e. The quantitative estimate of drug-likeness (QED) is 0.908. The Hall–Kier alpha value is -0.940. The van der Waals surface area contributed by atoms with Gasteiger partial charge in [0.05, 0.1) is 6.61 Å². The van der Waals surface area contributed by atoms with Gasteiger partial charge < -0.3 is 4.74 Å². The lowest BCUT2D eigenvalue weighted by molar-refractivity contribution is -0.0399. The summed E-state index contributed by atoms with van der Waals surface area (Å²) in [4.78, 5) is 6.93. The van der Waals surface area contributed by atoms with Crippen molar-refractivity contribution in [3.63, 3.8) is 0 Å². The van der Waals surface area contributed by atoms with E-state index >= 15 is 0 Å². The molecule has 1 aliphatic carbocycles. The van der Waals surface area contributed by atoms with Gasteiger partial charge in [-0.05, 0) is 25.7 Å². The first-order valence-electron chi connectivity index (χ1n) is 7.54. The van der Waals surface area contributed by atoms with Crippen LogP contribution in [-0.4, -0.2) is 46.3 Å². The van der Waals surface area contributed by atoms with Crippen LogP contribution < -0.4 is 0 Å². The average molecular weight is 264 g/mol. The molecule has 0 spiro atoms. The van der Waals surface area contributed by atoms with E-state index in [1.54, 1.807) is 0 Å². The molecule has 1 unspecified atom stereocenters. The first-order valence-corrected chi connectivity index (χ1v) is 7.54. The summed E-state index contributed by atoms with van der Waals surface area (Å²) in [5.41, 5.74) is 0. The molecule has 0 bridgehead atoms. The van der Waals surface area contributed by atoms with E-state index in [-0.39, 0.29) is 6.10 Å². The molecule has 19 heavy (non-hydrogen) atoms. The highest BCUT2D eigenvalue weighted by atomic mass is 16.5. The van der Waals surface area contributed by atoms with E-state index < -0.39 is 0 Å². The van der Waals surface area contributed by atoms with Gasteiger partial charge in [-0.1, -0.05) is 19.3 Å². The van der Waals surface area contributed by atoms with Crippen molar-refractivity contribution in [3.05, 3.63) is 11.6 Å². The van der Waals surface area contributed by atoms with Crippen molar-refractivity contribution in [2.75, 3.05) is 26.2 Å². The summed E-state index contributed by atoms with van der Waals surface area (Å²) < 4.78 is 5.81. The second-order valence-electron chi connectivity index (χ2n) is 5.90. The van der Waals surface area contributed by atoms with Crippen molar-refractivity contribution in [2.45, 2.75) is 45.1 Å². The lowest BCUT2D eigenvalue weighted by atomic mass is 9.89. The van der Waals surface area contributed by atoms with E-state index in [4.69, 9.17) is 4.74 Å². The van der Waals surface area contributed by atoms with Gasteiger partial charge >= 0.3 is 0 Å². The van der Waals surface area contributed by atoms with Crippen LogP contribution in [0.1, 0.15) is 49.9 Å². The molecule has 1 saturated carbocycles. The molecule has 0 radical (unpaired) electrons. The van der Waals surface area contributed by atoms with Crippen molar-refractivity contribution in [1.29, 1.82) is 0 Å². The first-order chi connectivity index (χ1) is 9.31. The van der Waals surface area contributed by atoms with E-state index in [1.807, 2.05) is 6.92 Å². The zero-order chi connectivity index (χ0) is 13.1. The van der Waals surface area contributed by atoms with Gasteiger partial charge in [0.1, 0.15) is 11.9 Å². The lowest BCUT2D eigenvalue weighted by Gasteiger charge is -2.35. The predicted molar refractivity (Wildman–Crippen MR) is 72.8 cm³/mol. The summed E-state index contributed by atoms with van der Waals surface area (Å²) >= 11 is 0. The Morgan fingerprint density at radius 1 is 1.32 bits per heavy atom. The third-order valence-corrected chi connectivity index (χ3v) is 4.29. The number of H-pyrrole nitrogens is 1. The molecule has 0 amide bonds. The molecular weight excluding hydrogens is 240 g/mol. The van der Waals surface area contributed by atoms with E-state index in [2.05, 4.69) is 20.1 Å². The van der Waals surface area contributed by atoms with E-state index in [9.17, 15) is 0 Å². The number of rotatable bonds is 3. The van der Waals surface area contributed by atoms with Crippen molar-refractivity contribution in [2.24, 2.45) is 5.92 Å². The molecule has 5 heteroatoms. The largest absolute Gasteiger partial charge is 0.367 e. The Morgan fingerprint density at radius 2 is 2.16 bits per heavy atom. The molecule has 1 aromatic rings. The number of morpholine rings is 1. The van der Waals surface area contributed by atoms with Crippen LogP contribution in [0.25, 0.3) is 0 Å². The van der Waals surface area contributed by atoms with Crippen molar-refractivity contribution in [3.8, 4) is 0 Å². The fraction of sp³-hybridized carbons (Fsp3) is 0.857. The molecule has 1 aromatic heterocycles. The summed E-state index contributed by atoms with van der Waals surface area (Å²) in [6.07, 6.45) is 7.11.